The van der Waals surface area contributed by atoms with Gasteiger partial charge in [-0.1, -0.05) is 6.07 Å². The van der Waals surface area contributed by atoms with E-state index in [1.165, 1.54) is 0 Å². The predicted molar refractivity (Wildman–Crippen MR) is 67.7 cm³/mol. The third-order valence-corrected chi connectivity index (χ3v) is 2.52. The summed E-state index contributed by atoms with van der Waals surface area (Å²) in [6, 6.07) is 5.64. The van der Waals surface area contributed by atoms with Crippen molar-refractivity contribution in [1.29, 1.82) is 0 Å². The summed E-state index contributed by atoms with van der Waals surface area (Å²) in [7, 11) is 0. The van der Waals surface area contributed by atoms with Crippen LogP contribution in [0.4, 0.5) is 0 Å². The molecule has 0 aromatic carbocycles. The topological polar surface area (TPSA) is 59.8 Å². The van der Waals surface area contributed by atoms with Crippen molar-refractivity contribution in [3.05, 3.63) is 48.0 Å². The van der Waals surface area contributed by atoms with Gasteiger partial charge in [0.25, 0.3) is 0 Å². The molecule has 0 unspecified atom stereocenters. The molecule has 18 heavy (non-hydrogen) atoms. The standard InChI is InChI=1S/C13H16N4O/c1-11-8-16-17(10-11)7-5-13(18)15-9-12-4-2-3-6-14-12/h2-4,6,8,10H,5,7,9H2,1H3,(H,15,18). The van der Waals surface area contributed by atoms with Crippen molar-refractivity contribution in [2.75, 3.05) is 0 Å². The normalized spacial score (nSPS) is 10.3. The number of amides is 1. The van der Waals surface area contributed by atoms with Crippen LogP contribution in [0.15, 0.2) is 36.8 Å². The average Bonchev–Trinajstić information content (AvgIpc) is 2.81. The van der Waals surface area contributed by atoms with E-state index in [2.05, 4.69) is 15.4 Å². The third-order valence-electron chi connectivity index (χ3n) is 2.52. The van der Waals surface area contributed by atoms with Crippen LogP contribution in [-0.4, -0.2) is 20.7 Å². The van der Waals surface area contributed by atoms with Gasteiger partial charge in [0, 0.05) is 25.4 Å². The zero-order valence-corrected chi connectivity index (χ0v) is 10.3. The first-order valence-electron chi connectivity index (χ1n) is 5.90. The maximum absolute atomic E-state index is 11.6. The number of hydrogen-bond acceptors (Lipinski definition) is 3. The number of nitrogens with zero attached hydrogens (tertiary/aromatic N) is 3. The Morgan fingerprint density at radius 3 is 3.00 bits per heavy atom. The summed E-state index contributed by atoms with van der Waals surface area (Å²) in [5.41, 5.74) is 1.96. The monoisotopic (exact) mass is 244 g/mol. The molecule has 2 aromatic heterocycles. The number of carbonyl (C=O) groups is 1. The highest BCUT2D eigenvalue weighted by molar-refractivity contribution is 5.75. The minimum absolute atomic E-state index is 0.00815. The van der Waals surface area contributed by atoms with E-state index < -0.39 is 0 Å². The molecular weight excluding hydrogens is 228 g/mol. The van der Waals surface area contributed by atoms with Gasteiger partial charge in [0.2, 0.25) is 5.91 Å². The van der Waals surface area contributed by atoms with E-state index in [4.69, 9.17) is 0 Å². The van der Waals surface area contributed by atoms with Gasteiger partial charge in [-0.3, -0.25) is 14.5 Å². The molecular formula is C13H16N4O. The number of aromatic nitrogens is 3. The van der Waals surface area contributed by atoms with E-state index >= 15 is 0 Å². The van der Waals surface area contributed by atoms with Crippen molar-refractivity contribution in [3.8, 4) is 0 Å². The number of aryl methyl sites for hydroxylation is 2. The molecule has 0 spiro atoms. The zero-order valence-electron chi connectivity index (χ0n) is 10.3. The van der Waals surface area contributed by atoms with Gasteiger partial charge in [-0.2, -0.15) is 5.10 Å². The summed E-state index contributed by atoms with van der Waals surface area (Å²) in [5.74, 6) is 0.00815. The van der Waals surface area contributed by atoms with Crippen LogP contribution in [0.1, 0.15) is 17.7 Å². The van der Waals surface area contributed by atoms with Crippen LogP contribution in [0.5, 0.6) is 0 Å². The maximum atomic E-state index is 11.6. The van der Waals surface area contributed by atoms with Gasteiger partial charge >= 0.3 is 0 Å². The van der Waals surface area contributed by atoms with E-state index in [1.807, 2.05) is 31.3 Å². The number of nitrogens with one attached hydrogen (secondary N) is 1. The Kier molecular flexibility index (Phi) is 4.06. The lowest BCUT2D eigenvalue weighted by Crippen LogP contribution is -2.24. The van der Waals surface area contributed by atoms with Gasteiger partial charge in [-0.25, -0.2) is 0 Å². The van der Waals surface area contributed by atoms with Crippen LogP contribution in [0.3, 0.4) is 0 Å². The molecule has 2 aromatic rings. The van der Waals surface area contributed by atoms with Gasteiger partial charge < -0.3 is 5.32 Å². The molecule has 0 aliphatic carbocycles. The molecule has 0 bridgehead atoms. The molecule has 0 saturated heterocycles. The summed E-state index contributed by atoms with van der Waals surface area (Å²) >= 11 is 0. The molecule has 0 fully saturated rings. The van der Waals surface area contributed by atoms with Gasteiger partial charge in [0.15, 0.2) is 0 Å². The highest BCUT2D eigenvalue weighted by atomic mass is 16.1. The van der Waals surface area contributed by atoms with Crippen LogP contribution in [0.25, 0.3) is 0 Å². The fraction of sp³-hybridized carbons (Fsp3) is 0.308. The van der Waals surface area contributed by atoms with E-state index in [9.17, 15) is 4.79 Å². The largest absolute Gasteiger partial charge is 0.350 e. The molecule has 0 aliphatic rings. The highest BCUT2D eigenvalue weighted by Gasteiger charge is 2.02. The van der Waals surface area contributed by atoms with Crippen LogP contribution in [0, 0.1) is 6.92 Å². The molecule has 5 nitrogen and oxygen atoms in total. The second-order valence-corrected chi connectivity index (χ2v) is 4.13. The van der Waals surface area contributed by atoms with Crippen molar-refractivity contribution < 1.29 is 4.79 Å². The number of rotatable bonds is 5. The summed E-state index contributed by atoms with van der Waals surface area (Å²) in [6.07, 6.45) is 5.85. The van der Waals surface area contributed by atoms with Crippen LogP contribution < -0.4 is 5.32 Å². The van der Waals surface area contributed by atoms with Gasteiger partial charge in [0.05, 0.1) is 18.4 Å². The molecule has 2 heterocycles. The zero-order chi connectivity index (χ0) is 12.8. The Morgan fingerprint density at radius 2 is 2.33 bits per heavy atom. The Morgan fingerprint density at radius 1 is 1.44 bits per heavy atom. The predicted octanol–water partition coefficient (Wildman–Crippen LogP) is 1.29. The van der Waals surface area contributed by atoms with Crippen LogP contribution >= 0.6 is 0 Å². The quantitative estimate of drug-likeness (QED) is 0.862. The minimum atomic E-state index is 0.00815. The Labute approximate surface area is 106 Å². The maximum Gasteiger partial charge on any atom is 0.222 e. The molecule has 0 aliphatic heterocycles. The smallest absolute Gasteiger partial charge is 0.222 e. The SMILES string of the molecule is Cc1cnn(CCC(=O)NCc2ccccn2)c1. The van der Waals surface area contributed by atoms with Crippen molar-refractivity contribution in [2.24, 2.45) is 0 Å². The van der Waals surface area contributed by atoms with E-state index in [0.29, 0.717) is 19.5 Å². The first-order chi connectivity index (χ1) is 8.74. The minimum Gasteiger partial charge on any atom is -0.350 e. The fourth-order valence-electron chi connectivity index (χ4n) is 1.59. The lowest BCUT2D eigenvalue weighted by molar-refractivity contribution is -0.121. The third kappa shape index (κ3) is 3.69. The van der Waals surface area contributed by atoms with Crippen molar-refractivity contribution >= 4 is 5.91 Å². The molecule has 94 valence electrons. The molecule has 1 amide bonds. The first kappa shape index (κ1) is 12.3. The number of pyridine rings is 1. The molecule has 0 radical (unpaired) electrons. The number of carbonyl (C=O) groups excluding carboxylic acids is 1. The van der Waals surface area contributed by atoms with Crippen molar-refractivity contribution in [1.82, 2.24) is 20.1 Å². The molecule has 1 N–H and O–H groups in total. The highest BCUT2D eigenvalue weighted by Crippen LogP contribution is 1.97. The Balaban J connectivity index is 1.73. The van der Waals surface area contributed by atoms with Crippen LogP contribution in [0.2, 0.25) is 0 Å². The average molecular weight is 244 g/mol. The van der Waals surface area contributed by atoms with E-state index in [0.717, 1.165) is 11.3 Å². The molecule has 5 heteroatoms. The lowest BCUT2D eigenvalue weighted by atomic mass is 10.3. The summed E-state index contributed by atoms with van der Waals surface area (Å²) in [4.78, 5) is 15.8. The summed E-state index contributed by atoms with van der Waals surface area (Å²) < 4.78 is 1.77. The fourth-order valence-corrected chi connectivity index (χ4v) is 1.59. The van der Waals surface area contributed by atoms with E-state index in [-0.39, 0.29) is 5.91 Å². The molecule has 0 atom stereocenters. The molecule has 2 rings (SSSR count). The molecule has 0 saturated carbocycles. The first-order valence-corrected chi connectivity index (χ1v) is 5.90. The summed E-state index contributed by atoms with van der Waals surface area (Å²) in [5, 5.41) is 6.96. The Bertz CT molecular complexity index is 507. The second-order valence-electron chi connectivity index (χ2n) is 4.13. The van der Waals surface area contributed by atoms with Gasteiger partial charge in [0.1, 0.15) is 0 Å². The summed E-state index contributed by atoms with van der Waals surface area (Å²) in [6.45, 7) is 3.05. The van der Waals surface area contributed by atoms with Gasteiger partial charge in [-0.05, 0) is 24.6 Å². The van der Waals surface area contributed by atoms with E-state index in [1.54, 1.807) is 17.1 Å². The van der Waals surface area contributed by atoms with Crippen molar-refractivity contribution in [3.63, 3.8) is 0 Å². The lowest BCUT2D eigenvalue weighted by Gasteiger charge is -2.04. The second kappa shape index (κ2) is 5.95. The Hall–Kier alpha value is -2.17. The number of hydrogen-bond donors (Lipinski definition) is 1. The van der Waals surface area contributed by atoms with Crippen molar-refractivity contribution in [2.45, 2.75) is 26.4 Å². The van der Waals surface area contributed by atoms with Gasteiger partial charge in [-0.15, -0.1) is 0 Å². The van der Waals surface area contributed by atoms with Crippen LogP contribution in [-0.2, 0) is 17.9 Å².